The normalized spacial score (nSPS) is 17.6. The van der Waals surface area contributed by atoms with Crippen LogP contribution in [0, 0.1) is 0 Å². The lowest BCUT2D eigenvalue weighted by atomic mass is 9.84. The van der Waals surface area contributed by atoms with E-state index in [0.29, 0.717) is 6.04 Å². The van der Waals surface area contributed by atoms with Gasteiger partial charge in [-0.05, 0) is 51.9 Å². The van der Waals surface area contributed by atoms with Gasteiger partial charge in [0.1, 0.15) is 0 Å². The van der Waals surface area contributed by atoms with Crippen LogP contribution in [0.4, 0.5) is 0 Å². The Bertz CT molecular complexity index is 1040. The molecule has 1 unspecified atom stereocenters. The van der Waals surface area contributed by atoms with E-state index in [0.717, 1.165) is 6.54 Å². The molecule has 0 fully saturated rings. The lowest BCUT2D eigenvalue weighted by molar-refractivity contribution is 0.161. The van der Waals surface area contributed by atoms with Crippen molar-refractivity contribution < 1.29 is 0 Å². The average molecular weight is 364 g/mol. The molecule has 2 heteroatoms. The molecule has 3 heterocycles. The standard InChI is InChI=1S/C17H17N.C9H7N/c1-2-7-15-12-18-10-9-13-5-3-4-8-16(13)17(18)11-14(15)6-1;1-2-4-9-7-10-6-5-8(9)3-1/h1-8,17H,9-12H2;1-7H. The molecular formula is C26H24N2. The van der Waals surface area contributed by atoms with Gasteiger partial charge in [-0.25, -0.2) is 0 Å². The molecule has 6 rings (SSSR count). The molecule has 2 nitrogen and oxygen atoms in total. The van der Waals surface area contributed by atoms with Crippen molar-refractivity contribution in [3.05, 3.63) is 114 Å². The summed E-state index contributed by atoms with van der Waals surface area (Å²) in [5.41, 5.74) is 6.17. The predicted octanol–water partition coefficient (Wildman–Crippen LogP) is 5.58. The summed E-state index contributed by atoms with van der Waals surface area (Å²) in [7, 11) is 0. The third kappa shape index (κ3) is 3.32. The topological polar surface area (TPSA) is 16.1 Å². The van der Waals surface area contributed by atoms with E-state index >= 15 is 0 Å². The molecule has 138 valence electrons. The first-order chi connectivity index (χ1) is 13.9. The molecule has 0 N–H and O–H groups in total. The van der Waals surface area contributed by atoms with E-state index < -0.39 is 0 Å². The summed E-state index contributed by atoms with van der Waals surface area (Å²) in [5, 5.41) is 2.45. The number of pyridine rings is 1. The first-order valence-electron chi connectivity index (χ1n) is 10.1. The summed E-state index contributed by atoms with van der Waals surface area (Å²) in [6.07, 6.45) is 6.06. The fourth-order valence-electron chi connectivity index (χ4n) is 4.50. The zero-order valence-corrected chi connectivity index (χ0v) is 16.0. The third-order valence-electron chi connectivity index (χ3n) is 5.98. The Morgan fingerprint density at radius 3 is 2.29 bits per heavy atom. The first kappa shape index (κ1) is 17.2. The van der Waals surface area contributed by atoms with Crippen molar-refractivity contribution in [3.63, 3.8) is 0 Å². The molecular weight excluding hydrogens is 340 g/mol. The summed E-state index contributed by atoms with van der Waals surface area (Å²) in [6.45, 7) is 2.32. The second-order valence-electron chi connectivity index (χ2n) is 7.63. The van der Waals surface area contributed by atoms with Gasteiger partial charge >= 0.3 is 0 Å². The Labute approximate surface area is 166 Å². The molecule has 28 heavy (non-hydrogen) atoms. The highest BCUT2D eigenvalue weighted by atomic mass is 15.2. The van der Waals surface area contributed by atoms with Crippen molar-refractivity contribution >= 4 is 10.8 Å². The second kappa shape index (κ2) is 7.57. The van der Waals surface area contributed by atoms with Crippen LogP contribution >= 0.6 is 0 Å². The van der Waals surface area contributed by atoms with Crippen LogP contribution in [0.15, 0.2) is 91.3 Å². The van der Waals surface area contributed by atoms with Crippen molar-refractivity contribution in [1.82, 2.24) is 9.88 Å². The fourth-order valence-corrected chi connectivity index (χ4v) is 4.50. The number of rotatable bonds is 0. The maximum Gasteiger partial charge on any atom is 0.0394 e. The molecule has 0 bridgehead atoms. The Morgan fingerprint density at radius 2 is 1.43 bits per heavy atom. The molecule has 0 saturated carbocycles. The van der Waals surface area contributed by atoms with Crippen LogP contribution in [0.3, 0.4) is 0 Å². The number of nitrogens with zero attached hydrogens (tertiary/aromatic N) is 2. The van der Waals surface area contributed by atoms with E-state index in [4.69, 9.17) is 0 Å². The Hall–Kier alpha value is -2.97. The minimum absolute atomic E-state index is 0.602. The minimum Gasteiger partial charge on any atom is -0.291 e. The number of aromatic nitrogens is 1. The van der Waals surface area contributed by atoms with Gasteiger partial charge in [0.25, 0.3) is 0 Å². The predicted molar refractivity (Wildman–Crippen MR) is 115 cm³/mol. The van der Waals surface area contributed by atoms with Crippen molar-refractivity contribution in [2.45, 2.75) is 25.4 Å². The summed E-state index contributed by atoms with van der Waals surface area (Å²) in [5.74, 6) is 0. The monoisotopic (exact) mass is 364 g/mol. The molecule has 1 atom stereocenters. The van der Waals surface area contributed by atoms with Gasteiger partial charge in [0.2, 0.25) is 0 Å². The van der Waals surface area contributed by atoms with E-state index in [9.17, 15) is 0 Å². The second-order valence-corrected chi connectivity index (χ2v) is 7.63. The lowest BCUT2D eigenvalue weighted by Crippen LogP contribution is -2.39. The largest absolute Gasteiger partial charge is 0.291 e. The summed E-state index contributed by atoms with van der Waals surface area (Å²) >= 11 is 0. The van der Waals surface area contributed by atoms with Gasteiger partial charge in [0.05, 0.1) is 0 Å². The molecule has 0 amide bonds. The van der Waals surface area contributed by atoms with Crippen molar-refractivity contribution in [3.8, 4) is 0 Å². The highest BCUT2D eigenvalue weighted by molar-refractivity contribution is 5.80. The van der Waals surface area contributed by atoms with Gasteiger partial charge in [-0.2, -0.15) is 0 Å². The molecule has 3 aromatic carbocycles. The zero-order chi connectivity index (χ0) is 18.8. The van der Waals surface area contributed by atoms with Crippen molar-refractivity contribution in [1.29, 1.82) is 0 Å². The third-order valence-corrected chi connectivity index (χ3v) is 5.98. The highest BCUT2D eigenvalue weighted by Crippen LogP contribution is 2.37. The molecule has 1 aromatic heterocycles. The summed E-state index contributed by atoms with van der Waals surface area (Å²) < 4.78 is 0. The Balaban J connectivity index is 0.000000145. The van der Waals surface area contributed by atoms with E-state index in [1.165, 1.54) is 41.3 Å². The Morgan fingerprint density at radius 1 is 0.714 bits per heavy atom. The van der Waals surface area contributed by atoms with Crippen LogP contribution in [0.2, 0.25) is 0 Å². The van der Waals surface area contributed by atoms with Crippen LogP contribution < -0.4 is 0 Å². The van der Waals surface area contributed by atoms with Gasteiger partial charge in [-0.1, -0.05) is 72.8 Å². The number of hydrogen-bond donors (Lipinski definition) is 0. The average Bonchev–Trinajstić information content (AvgIpc) is 2.78. The van der Waals surface area contributed by atoms with Crippen LogP contribution in [-0.2, 0) is 19.4 Å². The van der Waals surface area contributed by atoms with Crippen molar-refractivity contribution in [2.24, 2.45) is 0 Å². The number of fused-ring (bicyclic) bond motifs is 5. The zero-order valence-electron chi connectivity index (χ0n) is 16.0. The van der Waals surface area contributed by atoms with Crippen LogP contribution in [0.1, 0.15) is 28.3 Å². The lowest BCUT2D eigenvalue weighted by Gasteiger charge is -2.41. The van der Waals surface area contributed by atoms with Gasteiger partial charge in [-0.15, -0.1) is 0 Å². The summed E-state index contributed by atoms with van der Waals surface area (Å²) in [4.78, 5) is 6.66. The van der Waals surface area contributed by atoms with Gasteiger partial charge in [0, 0.05) is 31.5 Å². The first-order valence-corrected chi connectivity index (χ1v) is 10.1. The maximum atomic E-state index is 4.01. The van der Waals surface area contributed by atoms with Crippen LogP contribution in [-0.4, -0.2) is 16.4 Å². The number of benzene rings is 3. The van der Waals surface area contributed by atoms with Gasteiger partial charge in [0.15, 0.2) is 0 Å². The van der Waals surface area contributed by atoms with Gasteiger partial charge < -0.3 is 0 Å². The quantitative estimate of drug-likeness (QED) is 0.405. The Kier molecular flexibility index (Phi) is 4.64. The molecule has 0 radical (unpaired) electrons. The van der Waals surface area contributed by atoms with E-state index in [1.807, 2.05) is 30.6 Å². The minimum atomic E-state index is 0.602. The number of hydrogen-bond acceptors (Lipinski definition) is 2. The molecule has 4 aromatic rings. The molecule has 2 aliphatic rings. The van der Waals surface area contributed by atoms with E-state index in [-0.39, 0.29) is 0 Å². The maximum absolute atomic E-state index is 4.01. The highest BCUT2D eigenvalue weighted by Gasteiger charge is 2.31. The molecule has 0 saturated heterocycles. The van der Waals surface area contributed by atoms with E-state index in [1.54, 1.807) is 11.1 Å². The smallest absolute Gasteiger partial charge is 0.0394 e. The summed E-state index contributed by atoms with van der Waals surface area (Å²) in [6, 6.07) is 28.7. The SMILES string of the molecule is c1ccc2c(c1)CC1c3ccccc3CCN1C2.c1ccc2cnccc2c1. The van der Waals surface area contributed by atoms with Crippen LogP contribution in [0.25, 0.3) is 10.8 Å². The molecule has 0 spiro atoms. The van der Waals surface area contributed by atoms with Gasteiger partial charge in [-0.3, -0.25) is 9.88 Å². The van der Waals surface area contributed by atoms with E-state index in [2.05, 4.69) is 70.5 Å². The van der Waals surface area contributed by atoms with Crippen LogP contribution in [0.5, 0.6) is 0 Å². The fraction of sp³-hybridized carbons (Fsp3) is 0.192. The van der Waals surface area contributed by atoms with Crippen molar-refractivity contribution in [2.75, 3.05) is 6.54 Å². The molecule has 0 aliphatic carbocycles. The molecule has 2 aliphatic heterocycles.